The highest BCUT2D eigenvalue weighted by Gasteiger charge is 2.39. The number of likely N-dealkylation sites (tertiary alicyclic amines) is 2. The van der Waals surface area contributed by atoms with Crippen LogP contribution in [0.2, 0.25) is 0 Å². The molecule has 50 heavy (non-hydrogen) atoms. The van der Waals surface area contributed by atoms with Crippen LogP contribution in [0.1, 0.15) is 50.7 Å². The molecule has 2 aliphatic heterocycles. The first-order valence-corrected chi connectivity index (χ1v) is 19.4. The highest BCUT2D eigenvalue weighted by atomic mass is 33.1. The lowest BCUT2D eigenvalue weighted by Gasteiger charge is -2.28. The molecule has 2 aliphatic rings. The van der Waals surface area contributed by atoms with Crippen LogP contribution >= 0.6 is 21.6 Å². The summed E-state index contributed by atoms with van der Waals surface area (Å²) in [7, 11) is 2.91. The zero-order valence-corrected chi connectivity index (χ0v) is 30.0. The van der Waals surface area contributed by atoms with Crippen molar-refractivity contribution >= 4 is 57.2 Å². The number of carboxylic acid groups (broad SMARTS) is 2. The number of carboxylic acids is 2. The van der Waals surface area contributed by atoms with Gasteiger partial charge >= 0.3 is 11.9 Å². The number of aliphatic carboxylic acids is 2. The minimum Gasteiger partial charge on any atom is -0.480 e. The van der Waals surface area contributed by atoms with E-state index in [1.54, 1.807) is 47.9 Å². The molecule has 2 saturated heterocycles. The van der Waals surface area contributed by atoms with Gasteiger partial charge < -0.3 is 30.6 Å². The van der Waals surface area contributed by atoms with E-state index < -0.39 is 59.8 Å². The van der Waals surface area contributed by atoms with E-state index in [4.69, 9.17) is 0 Å². The summed E-state index contributed by atoms with van der Waals surface area (Å²) in [6.07, 6.45) is 2.49. The van der Waals surface area contributed by atoms with Gasteiger partial charge in [-0.1, -0.05) is 96.1 Å². The molecule has 2 aromatic rings. The van der Waals surface area contributed by atoms with E-state index in [1.807, 2.05) is 36.4 Å². The molecule has 0 aromatic heterocycles. The highest BCUT2D eigenvalue weighted by molar-refractivity contribution is 8.76. The molecular weight excluding hydrogens is 681 g/mol. The van der Waals surface area contributed by atoms with E-state index in [0.29, 0.717) is 50.3 Å². The third kappa shape index (κ3) is 10.7. The fraction of sp³-hybridized carbons (Fsp3) is 0.500. The Morgan fingerprint density at radius 1 is 0.660 bits per heavy atom. The maximum atomic E-state index is 13.4. The van der Waals surface area contributed by atoms with Gasteiger partial charge in [0.05, 0.1) is 0 Å². The van der Waals surface area contributed by atoms with Gasteiger partial charge in [-0.2, -0.15) is 0 Å². The molecule has 4 amide bonds. The van der Waals surface area contributed by atoms with Crippen LogP contribution in [0.15, 0.2) is 60.7 Å². The zero-order valence-electron chi connectivity index (χ0n) is 28.4. The van der Waals surface area contributed by atoms with E-state index in [-0.39, 0.29) is 24.7 Å². The molecule has 4 rings (SSSR count). The third-order valence-corrected chi connectivity index (χ3v) is 11.8. The number of hydrogen-bond donors (Lipinski definition) is 4. The van der Waals surface area contributed by atoms with Crippen molar-refractivity contribution in [1.82, 2.24) is 20.4 Å². The van der Waals surface area contributed by atoms with E-state index >= 15 is 0 Å². The molecule has 14 heteroatoms. The molecule has 2 aromatic carbocycles. The average molecular weight is 727 g/mol. The largest absolute Gasteiger partial charge is 0.480 e. The van der Waals surface area contributed by atoms with E-state index in [2.05, 4.69) is 10.6 Å². The Balaban J connectivity index is 1.22. The summed E-state index contributed by atoms with van der Waals surface area (Å²) in [6, 6.07) is 14.4. The van der Waals surface area contributed by atoms with Crippen LogP contribution in [-0.4, -0.2) is 104 Å². The van der Waals surface area contributed by atoms with Crippen molar-refractivity contribution in [2.45, 2.75) is 76.5 Å². The number of amides is 4. The second kappa shape index (κ2) is 18.8. The Morgan fingerprint density at radius 3 is 1.36 bits per heavy atom. The van der Waals surface area contributed by atoms with Gasteiger partial charge in [-0.05, 0) is 36.8 Å². The lowest BCUT2D eigenvalue weighted by molar-refractivity contribution is -0.145. The van der Waals surface area contributed by atoms with Crippen molar-refractivity contribution in [3.63, 3.8) is 0 Å². The van der Waals surface area contributed by atoms with Gasteiger partial charge in [0.1, 0.15) is 24.2 Å². The first-order valence-electron chi connectivity index (χ1n) is 17.0. The number of carbonyl (C=O) groups is 6. The van der Waals surface area contributed by atoms with Gasteiger partial charge in [-0.3, -0.25) is 19.2 Å². The van der Waals surface area contributed by atoms with Crippen LogP contribution in [0.3, 0.4) is 0 Å². The number of nitrogens with zero attached hydrogens (tertiary/aromatic N) is 2. The standard InChI is InChI=1S/C36H46N4O8S2/c1-23(33(43)39-17-9-15-29(39)31(41)37-27(35(45)46)19-25-11-5-3-6-12-25)21-49-50-22-24(2)34(44)40-18-10-16-30(40)32(42)38-28(36(47)48)20-26-13-7-4-8-14-26/h3-8,11-14,23-24,27-30H,9-10,15-22H2,1-2H3,(H,37,41)(H,38,42)(H,45,46)(H,47,48)/t23-,24-,27+,28+,29+,30+/m1/s1. The Kier molecular flexibility index (Phi) is 14.6. The summed E-state index contributed by atoms with van der Waals surface area (Å²) in [5.74, 6) is -3.47. The molecule has 0 bridgehead atoms. The molecule has 4 N–H and O–H groups in total. The predicted molar refractivity (Wildman–Crippen MR) is 192 cm³/mol. The summed E-state index contributed by atoms with van der Waals surface area (Å²) in [5, 5.41) is 24.7. The first-order chi connectivity index (χ1) is 24.0. The van der Waals surface area contributed by atoms with Crippen LogP contribution < -0.4 is 10.6 Å². The second-order valence-corrected chi connectivity index (χ2v) is 15.5. The molecule has 0 unspecified atom stereocenters. The summed E-state index contributed by atoms with van der Waals surface area (Å²) in [4.78, 5) is 79.9. The Morgan fingerprint density at radius 2 is 1.02 bits per heavy atom. The molecule has 0 radical (unpaired) electrons. The molecule has 0 saturated carbocycles. The number of nitrogens with one attached hydrogen (secondary N) is 2. The molecule has 2 fully saturated rings. The number of carbonyl (C=O) groups excluding carboxylic acids is 4. The lowest BCUT2D eigenvalue weighted by atomic mass is 10.1. The first kappa shape index (κ1) is 38.8. The van der Waals surface area contributed by atoms with Crippen LogP contribution in [0.25, 0.3) is 0 Å². The fourth-order valence-electron chi connectivity index (χ4n) is 6.25. The minimum atomic E-state index is -1.14. The third-order valence-electron chi connectivity index (χ3n) is 9.03. The van der Waals surface area contributed by atoms with Crippen LogP contribution in [0, 0.1) is 11.8 Å². The molecule has 270 valence electrons. The Hall–Kier alpha value is -4.04. The SMILES string of the molecule is C[C@H](CSSC[C@@H](C)C(=O)N1CCC[C@H]1C(=O)N[C@@H](Cc1ccccc1)C(=O)O)C(=O)N1CCC[C@H]1C(=O)N[C@@H](Cc1ccccc1)C(=O)O. The lowest BCUT2D eigenvalue weighted by Crippen LogP contribution is -2.52. The van der Waals surface area contributed by atoms with Crippen molar-refractivity contribution in [1.29, 1.82) is 0 Å². The van der Waals surface area contributed by atoms with Gasteiger partial charge in [0, 0.05) is 49.3 Å². The monoisotopic (exact) mass is 726 g/mol. The zero-order chi connectivity index (χ0) is 36.2. The van der Waals surface area contributed by atoms with Crippen molar-refractivity contribution in [3.05, 3.63) is 71.8 Å². The van der Waals surface area contributed by atoms with Gasteiger partial charge in [0.15, 0.2) is 0 Å². The van der Waals surface area contributed by atoms with Gasteiger partial charge in [0.2, 0.25) is 23.6 Å². The maximum Gasteiger partial charge on any atom is 0.326 e. The number of benzene rings is 2. The second-order valence-electron chi connectivity index (χ2n) is 12.9. The number of hydrogen-bond acceptors (Lipinski definition) is 8. The highest BCUT2D eigenvalue weighted by Crippen LogP contribution is 2.30. The van der Waals surface area contributed by atoms with Crippen molar-refractivity contribution in [3.8, 4) is 0 Å². The van der Waals surface area contributed by atoms with Crippen molar-refractivity contribution < 1.29 is 39.0 Å². The minimum absolute atomic E-state index is 0.138. The number of rotatable bonds is 17. The normalized spacial score (nSPS) is 19.6. The van der Waals surface area contributed by atoms with Crippen molar-refractivity contribution in [2.24, 2.45) is 11.8 Å². The smallest absolute Gasteiger partial charge is 0.326 e. The van der Waals surface area contributed by atoms with E-state index in [0.717, 1.165) is 11.1 Å². The van der Waals surface area contributed by atoms with Crippen LogP contribution in [0.5, 0.6) is 0 Å². The Labute approximate surface area is 300 Å². The maximum absolute atomic E-state index is 13.4. The van der Waals surface area contributed by atoms with Crippen LogP contribution in [-0.2, 0) is 41.6 Å². The van der Waals surface area contributed by atoms with Gasteiger partial charge in [0.25, 0.3) is 0 Å². The topological polar surface area (TPSA) is 173 Å². The van der Waals surface area contributed by atoms with Gasteiger partial charge in [-0.25, -0.2) is 9.59 Å². The fourth-order valence-corrected chi connectivity index (χ4v) is 8.94. The van der Waals surface area contributed by atoms with Gasteiger partial charge in [-0.15, -0.1) is 0 Å². The molecule has 12 nitrogen and oxygen atoms in total. The molecule has 2 heterocycles. The molecule has 0 aliphatic carbocycles. The summed E-state index contributed by atoms with van der Waals surface area (Å²) >= 11 is 0. The molecule has 0 spiro atoms. The predicted octanol–water partition coefficient (Wildman–Crippen LogP) is 3.25. The summed E-state index contributed by atoms with van der Waals surface area (Å²) < 4.78 is 0. The average Bonchev–Trinajstić information content (AvgIpc) is 3.80. The quantitative estimate of drug-likeness (QED) is 0.140. The molecular formula is C36H46N4O8S2. The van der Waals surface area contributed by atoms with E-state index in [1.165, 1.54) is 21.6 Å². The van der Waals surface area contributed by atoms with E-state index in [9.17, 15) is 39.0 Å². The molecule has 6 atom stereocenters. The van der Waals surface area contributed by atoms with Crippen LogP contribution in [0.4, 0.5) is 0 Å². The summed E-state index contributed by atoms with van der Waals surface area (Å²) in [6.45, 7) is 4.43. The van der Waals surface area contributed by atoms with Crippen molar-refractivity contribution in [2.75, 3.05) is 24.6 Å². The summed E-state index contributed by atoms with van der Waals surface area (Å²) in [5.41, 5.74) is 1.57. The Bertz CT molecular complexity index is 1390.